The molecule has 0 aliphatic heterocycles. The lowest BCUT2D eigenvalue weighted by Gasteiger charge is -2.23. The highest BCUT2D eigenvalue weighted by molar-refractivity contribution is 5.84. The van der Waals surface area contributed by atoms with Crippen LogP contribution in [0.1, 0.15) is 37.8 Å². The normalized spacial score (nSPS) is 27.8. The molecule has 0 amide bonds. The van der Waals surface area contributed by atoms with Gasteiger partial charge in [-0.3, -0.25) is 19.6 Å². The van der Waals surface area contributed by atoms with Crippen LogP contribution in [0, 0.1) is 16.0 Å². The maximum atomic E-state index is 15.4. The second-order valence-electron chi connectivity index (χ2n) is 6.25. The molecule has 1 heterocycles. The maximum absolute atomic E-state index is 15.4. The van der Waals surface area contributed by atoms with Gasteiger partial charge in [-0.25, -0.2) is 4.39 Å². The number of nitrogens with zero attached hydrogens (tertiary/aromatic N) is 3. The van der Waals surface area contributed by atoms with Crippen molar-refractivity contribution in [3.05, 3.63) is 22.0 Å². The van der Waals surface area contributed by atoms with Gasteiger partial charge in [-0.1, -0.05) is 0 Å². The third kappa shape index (κ3) is 3.97. The zero-order valence-corrected chi connectivity index (χ0v) is 13.3. The first-order valence-electron chi connectivity index (χ1n) is 7.59. The van der Waals surface area contributed by atoms with E-state index in [4.69, 9.17) is 0 Å². The number of Topliss-reactive ketones (excluding diaryl/α,β-unsaturated/α-hetero) is 1. The van der Waals surface area contributed by atoms with E-state index in [-0.39, 0.29) is 31.4 Å². The number of nitro groups is 1. The minimum absolute atomic E-state index is 0.207. The van der Waals surface area contributed by atoms with Crippen LogP contribution < -0.4 is 0 Å². The highest BCUT2D eigenvalue weighted by Gasteiger charge is 2.46. The summed E-state index contributed by atoms with van der Waals surface area (Å²) in [6, 6.07) is 0. The molecular formula is C14H17F4N3O4. The van der Waals surface area contributed by atoms with Crippen molar-refractivity contribution >= 4 is 11.5 Å². The van der Waals surface area contributed by atoms with Gasteiger partial charge in [-0.2, -0.15) is 18.3 Å². The van der Waals surface area contributed by atoms with E-state index in [0.29, 0.717) is 0 Å². The van der Waals surface area contributed by atoms with Crippen LogP contribution in [0.25, 0.3) is 0 Å². The van der Waals surface area contributed by atoms with Gasteiger partial charge < -0.3 is 5.11 Å². The van der Waals surface area contributed by atoms with Gasteiger partial charge >= 0.3 is 11.9 Å². The summed E-state index contributed by atoms with van der Waals surface area (Å²) in [5.74, 6) is -3.03. The van der Waals surface area contributed by atoms with Crippen molar-refractivity contribution in [1.29, 1.82) is 0 Å². The van der Waals surface area contributed by atoms with Crippen molar-refractivity contribution in [3.8, 4) is 0 Å². The van der Waals surface area contributed by atoms with Crippen LogP contribution in [0.4, 0.5) is 23.2 Å². The minimum Gasteiger partial charge on any atom is -0.393 e. The van der Waals surface area contributed by atoms with E-state index in [9.17, 15) is 33.2 Å². The molecule has 0 aromatic carbocycles. The molecule has 0 bridgehead atoms. The van der Waals surface area contributed by atoms with Gasteiger partial charge in [0.1, 0.15) is 6.20 Å². The first-order chi connectivity index (χ1) is 11.5. The average Bonchev–Trinajstić information content (AvgIpc) is 2.84. The number of aliphatic hydroxyl groups is 1. The summed E-state index contributed by atoms with van der Waals surface area (Å²) in [7, 11) is 1.33. The van der Waals surface area contributed by atoms with Crippen LogP contribution in [-0.4, -0.2) is 37.9 Å². The number of hydrogen-bond donors (Lipinski definition) is 1. The van der Waals surface area contributed by atoms with Crippen molar-refractivity contribution in [3.63, 3.8) is 0 Å². The van der Waals surface area contributed by atoms with E-state index in [2.05, 4.69) is 5.10 Å². The van der Waals surface area contributed by atoms with Gasteiger partial charge in [0.25, 0.3) is 0 Å². The SMILES string of the molecule is Cn1ncc([N+](=O)[O-])c1[C@]1(F)CC[C@@H](CC(=O)C(F)(F)F)[C@H](O)CC1. The average molecular weight is 367 g/mol. The Bertz CT molecular complexity index is 676. The van der Waals surface area contributed by atoms with Gasteiger partial charge in [0.2, 0.25) is 5.78 Å². The summed E-state index contributed by atoms with van der Waals surface area (Å²) in [6.45, 7) is 0. The molecule has 0 unspecified atom stereocenters. The highest BCUT2D eigenvalue weighted by atomic mass is 19.4. The summed E-state index contributed by atoms with van der Waals surface area (Å²) >= 11 is 0. The molecule has 2 rings (SSSR count). The number of carbonyl (C=O) groups excluding carboxylic acids is 1. The molecule has 25 heavy (non-hydrogen) atoms. The van der Waals surface area contributed by atoms with E-state index < -0.39 is 46.7 Å². The summed E-state index contributed by atoms with van der Waals surface area (Å²) < 4.78 is 53.7. The number of hydrogen-bond acceptors (Lipinski definition) is 5. The Labute approximate surface area is 139 Å². The number of aliphatic hydroxyl groups excluding tert-OH is 1. The molecular weight excluding hydrogens is 350 g/mol. The van der Waals surface area contributed by atoms with Gasteiger partial charge in [0, 0.05) is 13.5 Å². The molecule has 3 atom stereocenters. The molecule has 0 saturated heterocycles. The number of aryl methyl sites for hydroxylation is 1. The molecule has 1 aromatic heterocycles. The fourth-order valence-electron chi connectivity index (χ4n) is 3.25. The van der Waals surface area contributed by atoms with E-state index in [1.165, 1.54) is 7.05 Å². The number of alkyl halides is 4. The minimum atomic E-state index is -5.01. The topological polar surface area (TPSA) is 98.3 Å². The predicted molar refractivity (Wildman–Crippen MR) is 76.3 cm³/mol. The first-order valence-corrected chi connectivity index (χ1v) is 7.59. The second-order valence-corrected chi connectivity index (χ2v) is 6.25. The first kappa shape index (κ1) is 19.3. The Kier molecular flexibility index (Phi) is 5.17. The number of carbonyl (C=O) groups is 1. The Hall–Kier alpha value is -2.04. The molecule has 11 heteroatoms. The van der Waals surface area contributed by atoms with Crippen molar-refractivity contribution in [1.82, 2.24) is 9.78 Å². The van der Waals surface area contributed by atoms with Gasteiger partial charge in [-0.05, 0) is 31.6 Å². The molecule has 7 nitrogen and oxygen atoms in total. The molecule has 1 aromatic rings. The van der Waals surface area contributed by atoms with E-state index in [1.807, 2.05) is 0 Å². The molecule has 1 aliphatic carbocycles. The van der Waals surface area contributed by atoms with Crippen molar-refractivity contribution in [2.75, 3.05) is 0 Å². The van der Waals surface area contributed by atoms with E-state index >= 15 is 4.39 Å². The molecule has 1 N–H and O–H groups in total. The van der Waals surface area contributed by atoms with E-state index in [1.54, 1.807) is 0 Å². The van der Waals surface area contributed by atoms with Crippen molar-refractivity contribution in [2.45, 2.75) is 50.1 Å². The lowest BCUT2D eigenvalue weighted by atomic mass is 9.89. The zero-order valence-electron chi connectivity index (χ0n) is 13.3. The quantitative estimate of drug-likeness (QED) is 0.382. The summed E-state index contributed by atoms with van der Waals surface area (Å²) in [6.07, 6.45) is -7.42. The molecule has 140 valence electrons. The smallest absolute Gasteiger partial charge is 0.393 e. The summed E-state index contributed by atoms with van der Waals surface area (Å²) in [5, 5.41) is 24.7. The van der Waals surface area contributed by atoms with Crippen LogP contribution in [-0.2, 0) is 17.5 Å². The van der Waals surface area contributed by atoms with Gasteiger partial charge in [-0.15, -0.1) is 0 Å². The van der Waals surface area contributed by atoms with Crippen LogP contribution in [0.3, 0.4) is 0 Å². The van der Waals surface area contributed by atoms with Crippen LogP contribution >= 0.6 is 0 Å². The standard InChI is InChI=1S/C14H17F4N3O4/c1-20-12(9(7-19-20)21(24)25)13(15)4-2-8(10(22)3-5-13)6-11(23)14(16,17)18/h7-8,10,22H,2-6H2,1H3/t8-,10+,13-/m0/s1. The number of ketones is 1. The second kappa shape index (κ2) is 6.70. The largest absolute Gasteiger partial charge is 0.449 e. The van der Waals surface area contributed by atoms with E-state index in [0.717, 1.165) is 10.9 Å². The third-order valence-electron chi connectivity index (χ3n) is 4.60. The lowest BCUT2D eigenvalue weighted by molar-refractivity contribution is -0.386. The van der Waals surface area contributed by atoms with Crippen LogP contribution in [0.15, 0.2) is 6.20 Å². The maximum Gasteiger partial charge on any atom is 0.449 e. The Morgan fingerprint density at radius 1 is 1.48 bits per heavy atom. The molecule has 0 spiro atoms. The van der Waals surface area contributed by atoms with Gasteiger partial charge in [0.05, 0.1) is 11.0 Å². The van der Waals surface area contributed by atoms with Crippen molar-refractivity contribution in [2.24, 2.45) is 13.0 Å². The zero-order chi connectivity index (χ0) is 19.0. The van der Waals surface area contributed by atoms with Crippen LogP contribution in [0.2, 0.25) is 0 Å². The summed E-state index contributed by atoms with van der Waals surface area (Å²) in [5.41, 5.74) is -3.03. The van der Waals surface area contributed by atoms with Crippen LogP contribution in [0.5, 0.6) is 0 Å². The molecule has 0 radical (unpaired) electrons. The number of rotatable bonds is 4. The monoisotopic (exact) mass is 367 g/mol. The third-order valence-corrected chi connectivity index (χ3v) is 4.60. The fraction of sp³-hybridized carbons (Fsp3) is 0.714. The molecule has 1 fully saturated rings. The number of aromatic nitrogens is 2. The number of halogens is 4. The van der Waals surface area contributed by atoms with Gasteiger partial charge in [0.15, 0.2) is 11.4 Å². The highest BCUT2D eigenvalue weighted by Crippen LogP contribution is 2.45. The molecule has 1 aliphatic rings. The molecule has 1 saturated carbocycles. The lowest BCUT2D eigenvalue weighted by Crippen LogP contribution is -2.29. The fourth-order valence-corrected chi connectivity index (χ4v) is 3.25. The Balaban J connectivity index is 2.24. The Morgan fingerprint density at radius 3 is 2.64 bits per heavy atom. The van der Waals surface area contributed by atoms with Crippen molar-refractivity contribution < 1.29 is 32.4 Å². The predicted octanol–water partition coefficient (Wildman–Crippen LogP) is 2.57. The Morgan fingerprint density at radius 2 is 2.08 bits per heavy atom. The summed E-state index contributed by atoms with van der Waals surface area (Å²) in [4.78, 5) is 21.4.